The molecule has 0 amide bonds. The van der Waals surface area contributed by atoms with E-state index in [-0.39, 0.29) is 30.0 Å². The van der Waals surface area contributed by atoms with Crippen molar-refractivity contribution in [2.24, 2.45) is 0 Å². The van der Waals surface area contributed by atoms with E-state index >= 15 is 0 Å². The number of aryl methyl sites for hydroxylation is 1. The second kappa shape index (κ2) is 6.20. The third-order valence-electron chi connectivity index (χ3n) is 3.76. The van der Waals surface area contributed by atoms with Crippen molar-refractivity contribution < 1.29 is 22.4 Å². The zero-order valence-electron chi connectivity index (χ0n) is 11.4. The molecule has 2 N–H and O–H groups in total. The highest BCUT2D eigenvalue weighted by Gasteiger charge is 2.48. The van der Waals surface area contributed by atoms with Crippen molar-refractivity contribution in [1.29, 1.82) is 0 Å². The molecular weight excluding hydrogens is 318 g/mol. The average Bonchev–Trinajstić information content (AvgIpc) is 2.94. The van der Waals surface area contributed by atoms with E-state index in [4.69, 9.17) is 8.92 Å². The number of benzene rings is 1. The number of rotatable bonds is 3. The molecule has 0 spiro atoms. The molecule has 4 atom stereocenters. The minimum Gasteiger partial charge on any atom is -0.389 e. The number of hydrogen-bond donors (Lipinski definition) is 2. The predicted molar refractivity (Wildman–Crippen MR) is 78.0 cm³/mol. The maximum absolute atomic E-state index is 12.3. The lowest BCUT2D eigenvalue weighted by atomic mass is 10.1. The molecule has 0 bridgehead atoms. The molecule has 4 unspecified atom stereocenters. The van der Waals surface area contributed by atoms with E-state index in [9.17, 15) is 13.5 Å². The Kier molecular flexibility index (Phi) is 4.92. The average molecular weight is 336 g/mol. The molecular formula is C13H18ClNO5S. The Morgan fingerprint density at radius 1 is 1.38 bits per heavy atom. The third kappa shape index (κ3) is 3.08. The summed E-state index contributed by atoms with van der Waals surface area (Å²) < 4.78 is 35.3. The fourth-order valence-electron chi connectivity index (χ4n) is 2.74. The molecule has 2 heterocycles. The number of halogens is 1. The van der Waals surface area contributed by atoms with Crippen LogP contribution in [0.25, 0.3) is 0 Å². The molecule has 6 nitrogen and oxygen atoms in total. The van der Waals surface area contributed by atoms with Crippen molar-refractivity contribution in [3.8, 4) is 0 Å². The van der Waals surface area contributed by atoms with E-state index in [1.807, 2.05) is 0 Å². The Labute approximate surface area is 130 Å². The predicted octanol–water partition coefficient (Wildman–Crippen LogP) is 0.222. The zero-order valence-corrected chi connectivity index (χ0v) is 13.1. The molecule has 1 aromatic rings. The standard InChI is InChI=1S/C13H17NO5S.ClH/c1-8-4-2-3-5-11(8)20(16,17)19-10-6-14-12-9(15)7-18-13(10)12;/h2-5,9-10,12-15H,6-7H2,1H3;1H. The van der Waals surface area contributed by atoms with Crippen molar-refractivity contribution in [1.82, 2.24) is 5.32 Å². The second-order valence-corrected chi connectivity index (χ2v) is 6.69. The van der Waals surface area contributed by atoms with E-state index in [1.54, 1.807) is 25.1 Å². The van der Waals surface area contributed by atoms with Gasteiger partial charge in [-0.3, -0.25) is 4.18 Å². The van der Waals surface area contributed by atoms with Gasteiger partial charge in [-0.25, -0.2) is 0 Å². The highest BCUT2D eigenvalue weighted by molar-refractivity contribution is 7.86. The largest absolute Gasteiger partial charge is 0.389 e. The minimum atomic E-state index is -3.83. The van der Waals surface area contributed by atoms with Gasteiger partial charge in [0.1, 0.15) is 12.2 Å². The first-order valence-corrected chi connectivity index (χ1v) is 7.92. The molecule has 2 aliphatic rings. The van der Waals surface area contributed by atoms with Gasteiger partial charge >= 0.3 is 0 Å². The first-order chi connectivity index (χ1) is 9.49. The molecule has 2 saturated heterocycles. The molecule has 2 aliphatic heterocycles. The van der Waals surface area contributed by atoms with Gasteiger partial charge in [-0.2, -0.15) is 8.42 Å². The van der Waals surface area contributed by atoms with Crippen LogP contribution in [0, 0.1) is 6.92 Å². The number of fused-ring (bicyclic) bond motifs is 1. The Bertz CT molecular complexity index is 608. The smallest absolute Gasteiger partial charge is 0.297 e. The van der Waals surface area contributed by atoms with Crippen LogP contribution in [-0.4, -0.2) is 51.0 Å². The van der Waals surface area contributed by atoms with Crippen LogP contribution in [0.4, 0.5) is 0 Å². The summed E-state index contributed by atoms with van der Waals surface area (Å²) in [6.45, 7) is 2.27. The first-order valence-electron chi connectivity index (χ1n) is 6.51. The Hall–Kier alpha value is -0.700. The van der Waals surface area contributed by atoms with Crippen molar-refractivity contribution in [2.75, 3.05) is 13.2 Å². The zero-order chi connectivity index (χ0) is 14.3. The molecule has 2 fully saturated rings. The van der Waals surface area contributed by atoms with Gasteiger partial charge in [0.15, 0.2) is 0 Å². The molecule has 0 aromatic heterocycles. The molecule has 118 valence electrons. The lowest BCUT2D eigenvalue weighted by molar-refractivity contribution is 0.0278. The van der Waals surface area contributed by atoms with E-state index in [2.05, 4.69) is 5.32 Å². The van der Waals surface area contributed by atoms with Crippen molar-refractivity contribution in [3.63, 3.8) is 0 Å². The van der Waals surface area contributed by atoms with E-state index in [1.165, 1.54) is 6.07 Å². The van der Waals surface area contributed by atoms with Gasteiger partial charge in [-0.1, -0.05) is 18.2 Å². The monoisotopic (exact) mass is 335 g/mol. The topological polar surface area (TPSA) is 84.9 Å². The van der Waals surface area contributed by atoms with Gasteiger partial charge in [0.2, 0.25) is 0 Å². The van der Waals surface area contributed by atoms with Crippen LogP contribution in [0.2, 0.25) is 0 Å². The number of aliphatic hydroxyl groups excluding tert-OH is 1. The summed E-state index contributed by atoms with van der Waals surface area (Å²) in [4.78, 5) is 0.169. The van der Waals surface area contributed by atoms with E-state index in [0.29, 0.717) is 12.1 Å². The van der Waals surface area contributed by atoms with Crippen molar-refractivity contribution in [2.45, 2.75) is 36.2 Å². The van der Waals surface area contributed by atoms with Crippen LogP contribution in [0.1, 0.15) is 5.56 Å². The molecule has 21 heavy (non-hydrogen) atoms. The van der Waals surface area contributed by atoms with Gasteiger partial charge in [0.05, 0.1) is 23.6 Å². The first kappa shape index (κ1) is 16.7. The van der Waals surface area contributed by atoms with Gasteiger partial charge < -0.3 is 15.2 Å². The quantitative estimate of drug-likeness (QED) is 0.769. The maximum atomic E-state index is 12.3. The van der Waals surface area contributed by atoms with Gasteiger partial charge in [0, 0.05) is 6.54 Å². The normalized spacial score (nSPS) is 31.7. The van der Waals surface area contributed by atoms with Crippen LogP contribution in [0.15, 0.2) is 29.2 Å². The van der Waals surface area contributed by atoms with Crippen LogP contribution in [-0.2, 0) is 19.0 Å². The van der Waals surface area contributed by atoms with E-state index in [0.717, 1.165) is 0 Å². The van der Waals surface area contributed by atoms with Crippen LogP contribution in [0.3, 0.4) is 0 Å². The summed E-state index contributed by atoms with van der Waals surface area (Å²) in [5, 5.41) is 12.7. The molecule has 1 aromatic carbocycles. The second-order valence-electron chi connectivity index (χ2n) is 5.15. The van der Waals surface area contributed by atoms with Crippen LogP contribution < -0.4 is 5.32 Å². The van der Waals surface area contributed by atoms with Gasteiger partial charge in [0.25, 0.3) is 10.1 Å². The Morgan fingerprint density at radius 2 is 2.10 bits per heavy atom. The summed E-state index contributed by atoms with van der Waals surface area (Å²) >= 11 is 0. The molecule has 3 rings (SSSR count). The molecule has 0 radical (unpaired) electrons. The summed E-state index contributed by atoms with van der Waals surface area (Å²) in [7, 11) is -3.83. The lowest BCUT2D eigenvalue weighted by Crippen LogP contribution is -2.37. The summed E-state index contributed by atoms with van der Waals surface area (Å²) in [5.74, 6) is 0. The van der Waals surface area contributed by atoms with Crippen molar-refractivity contribution >= 4 is 22.5 Å². The number of aliphatic hydroxyl groups is 1. The van der Waals surface area contributed by atoms with Gasteiger partial charge in [-0.05, 0) is 18.6 Å². The van der Waals surface area contributed by atoms with Crippen LogP contribution in [0.5, 0.6) is 0 Å². The molecule has 0 saturated carbocycles. The van der Waals surface area contributed by atoms with E-state index < -0.39 is 28.4 Å². The fraction of sp³-hybridized carbons (Fsp3) is 0.538. The van der Waals surface area contributed by atoms with Gasteiger partial charge in [-0.15, -0.1) is 12.4 Å². The minimum absolute atomic E-state index is 0. The maximum Gasteiger partial charge on any atom is 0.297 e. The third-order valence-corrected chi connectivity index (χ3v) is 5.26. The fourth-order valence-corrected chi connectivity index (χ4v) is 4.05. The van der Waals surface area contributed by atoms with Crippen molar-refractivity contribution in [3.05, 3.63) is 29.8 Å². The number of ether oxygens (including phenoxy) is 1. The Balaban J connectivity index is 0.00000161. The number of hydrogen-bond acceptors (Lipinski definition) is 6. The summed E-state index contributed by atoms with van der Waals surface area (Å²) in [6, 6.07) is 6.43. The molecule has 8 heteroatoms. The van der Waals surface area contributed by atoms with Crippen LogP contribution >= 0.6 is 12.4 Å². The summed E-state index contributed by atoms with van der Waals surface area (Å²) in [5.41, 5.74) is 0.641. The molecule has 0 aliphatic carbocycles. The summed E-state index contributed by atoms with van der Waals surface area (Å²) in [6.07, 6.45) is -1.65. The highest BCUT2D eigenvalue weighted by atomic mass is 35.5. The lowest BCUT2D eigenvalue weighted by Gasteiger charge is -2.17. The SMILES string of the molecule is Cc1ccccc1S(=O)(=O)OC1CNC2C(O)COC12.Cl. The highest BCUT2D eigenvalue weighted by Crippen LogP contribution is 2.27. The number of nitrogens with one attached hydrogen (secondary N) is 1. The Morgan fingerprint density at radius 3 is 2.81 bits per heavy atom.